The molecule has 9 atom stereocenters. The van der Waals surface area contributed by atoms with Gasteiger partial charge >= 0.3 is 0 Å². The molecule has 0 radical (unpaired) electrons. The summed E-state index contributed by atoms with van der Waals surface area (Å²) >= 11 is 7.61. The highest BCUT2D eigenvalue weighted by Crippen LogP contribution is 2.30. The van der Waals surface area contributed by atoms with Crippen LogP contribution in [0.1, 0.15) is 51.6 Å². The fourth-order valence-electron chi connectivity index (χ4n) is 4.86. The number of aliphatic hydroxyl groups excluding tert-OH is 3. The van der Waals surface area contributed by atoms with Crippen LogP contribution in [0, 0.1) is 5.92 Å². The highest BCUT2D eigenvalue weighted by molar-refractivity contribution is 7.99. The first-order chi connectivity index (χ1) is 16.7. The van der Waals surface area contributed by atoms with E-state index in [4.69, 9.17) is 16.3 Å². The lowest BCUT2D eigenvalue weighted by Gasteiger charge is -2.44. The minimum Gasteiger partial charge on any atom is -0.388 e. The number of carbonyl (C=O) groups is 1. The largest absolute Gasteiger partial charge is 0.388 e. The molecule has 35 heavy (non-hydrogen) atoms. The molecule has 1 aromatic heterocycles. The quantitative estimate of drug-likeness (QED) is 0.274. The molecule has 2 saturated heterocycles. The van der Waals surface area contributed by atoms with E-state index < -0.39 is 41.3 Å². The number of hydrogen-bond donors (Lipinski definition) is 5. The average molecular weight is 534 g/mol. The number of carbonyl (C=O) groups excluding carboxylic acids is 1. The number of nitrogens with zero attached hydrogens (tertiary/aromatic N) is 3. The smallest absolute Gasteiger partial charge is 0.237 e. The molecule has 2 aliphatic heterocycles. The molecule has 0 bridgehead atoms. The lowest BCUT2D eigenvalue weighted by atomic mass is 9.92. The fraction of sp³-hybridized carbons (Fsp3) is 0.870. The molecular weight excluding hydrogens is 494 g/mol. The SMILES string of the molecule is CCc1cn(CCC[C@@H]2CCN[C@H](C(=O)N[C@@H]([C@H]3O[C@H](SC)[C@H](O)[C@@H](O)[C@H]3O)[C@H](C)Cl)CC2)nn1. The first-order valence-electron chi connectivity index (χ1n) is 12.5. The molecule has 10 nitrogen and oxygen atoms in total. The first-order valence-corrected chi connectivity index (χ1v) is 14.3. The zero-order chi connectivity index (χ0) is 25.5. The minimum atomic E-state index is -1.39. The van der Waals surface area contributed by atoms with Gasteiger partial charge < -0.3 is 30.7 Å². The predicted molar refractivity (Wildman–Crippen MR) is 135 cm³/mol. The molecular formula is C23H40ClN5O5S. The second kappa shape index (κ2) is 13.6. The van der Waals surface area contributed by atoms with Gasteiger partial charge in [0.25, 0.3) is 0 Å². The summed E-state index contributed by atoms with van der Waals surface area (Å²) in [4.78, 5) is 13.1. The molecule has 2 fully saturated rings. The van der Waals surface area contributed by atoms with Crippen molar-refractivity contribution in [3.63, 3.8) is 0 Å². The highest BCUT2D eigenvalue weighted by atomic mass is 35.5. The van der Waals surface area contributed by atoms with E-state index in [1.54, 1.807) is 13.2 Å². The zero-order valence-corrected chi connectivity index (χ0v) is 22.3. The summed E-state index contributed by atoms with van der Waals surface area (Å²) in [5, 5.41) is 45.0. The molecule has 1 aromatic rings. The van der Waals surface area contributed by atoms with Crippen LogP contribution in [0.25, 0.3) is 0 Å². The normalized spacial score (nSPS) is 33.6. The molecule has 0 unspecified atom stereocenters. The number of aryl methyl sites for hydroxylation is 2. The second-order valence-corrected chi connectivity index (χ2v) is 11.2. The van der Waals surface area contributed by atoms with Crippen molar-refractivity contribution in [3.05, 3.63) is 11.9 Å². The summed E-state index contributed by atoms with van der Waals surface area (Å²) in [5.74, 6) is 0.328. The van der Waals surface area contributed by atoms with Gasteiger partial charge in [0.1, 0.15) is 29.9 Å². The van der Waals surface area contributed by atoms with Crippen molar-refractivity contribution >= 4 is 29.3 Å². The second-order valence-electron chi connectivity index (χ2n) is 9.60. The van der Waals surface area contributed by atoms with E-state index in [9.17, 15) is 20.1 Å². The Labute approximate surface area is 216 Å². The third-order valence-electron chi connectivity index (χ3n) is 7.07. The van der Waals surface area contributed by atoms with Gasteiger partial charge in [0, 0.05) is 12.7 Å². The summed E-state index contributed by atoms with van der Waals surface area (Å²) in [6.07, 6.45) is 4.42. The van der Waals surface area contributed by atoms with Crippen molar-refractivity contribution in [1.29, 1.82) is 0 Å². The maximum Gasteiger partial charge on any atom is 0.237 e. The van der Waals surface area contributed by atoms with E-state index in [0.29, 0.717) is 12.3 Å². The van der Waals surface area contributed by atoms with E-state index in [1.165, 1.54) is 11.8 Å². The Morgan fingerprint density at radius 3 is 2.74 bits per heavy atom. The number of hydrogen-bond acceptors (Lipinski definition) is 9. The maximum absolute atomic E-state index is 13.1. The molecule has 0 aromatic carbocycles. The molecule has 3 rings (SSSR count). The summed E-state index contributed by atoms with van der Waals surface area (Å²) < 4.78 is 7.74. The average Bonchev–Trinajstić information content (AvgIpc) is 3.17. The summed E-state index contributed by atoms with van der Waals surface area (Å²) in [7, 11) is 0. The van der Waals surface area contributed by atoms with Gasteiger partial charge in [-0.25, -0.2) is 0 Å². The summed E-state index contributed by atoms with van der Waals surface area (Å²) in [6.45, 7) is 5.37. The van der Waals surface area contributed by atoms with Gasteiger partial charge in [-0.15, -0.1) is 28.5 Å². The van der Waals surface area contributed by atoms with Crippen LogP contribution in [-0.4, -0.2) is 96.3 Å². The number of aromatic nitrogens is 3. The van der Waals surface area contributed by atoms with Crippen molar-refractivity contribution in [2.45, 2.75) is 106 Å². The third kappa shape index (κ3) is 7.53. The van der Waals surface area contributed by atoms with Crippen LogP contribution in [-0.2, 0) is 22.5 Å². The molecule has 0 spiro atoms. The highest BCUT2D eigenvalue weighted by Gasteiger charge is 2.48. The van der Waals surface area contributed by atoms with Gasteiger partial charge in [0.05, 0.1) is 23.2 Å². The molecule has 5 N–H and O–H groups in total. The monoisotopic (exact) mass is 533 g/mol. The third-order valence-corrected chi connectivity index (χ3v) is 8.19. The van der Waals surface area contributed by atoms with Crippen LogP contribution in [0.15, 0.2) is 6.20 Å². The van der Waals surface area contributed by atoms with Crippen LogP contribution in [0.2, 0.25) is 0 Å². The summed E-state index contributed by atoms with van der Waals surface area (Å²) in [6, 6.07) is -1.10. The molecule has 0 aliphatic carbocycles. The van der Waals surface area contributed by atoms with Crippen molar-refractivity contribution in [3.8, 4) is 0 Å². The fourth-order valence-corrected chi connectivity index (χ4v) is 5.75. The van der Waals surface area contributed by atoms with Crippen LogP contribution in [0.3, 0.4) is 0 Å². The topological polar surface area (TPSA) is 142 Å². The van der Waals surface area contributed by atoms with Crippen molar-refractivity contribution < 1.29 is 24.9 Å². The van der Waals surface area contributed by atoms with E-state index in [-0.39, 0.29) is 11.9 Å². The molecule has 1 amide bonds. The van der Waals surface area contributed by atoms with Crippen molar-refractivity contribution in [1.82, 2.24) is 25.6 Å². The van der Waals surface area contributed by atoms with Crippen LogP contribution < -0.4 is 10.6 Å². The summed E-state index contributed by atoms with van der Waals surface area (Å²) in [5.41, 5.74) is 0.277. The van der Waals surface area contributed by atoms with Gasteiger partial charge in [-0.3, -0.25) is 9.48 Å². The van der Waals surface area contributed by atoms with E-state index in [0.717, 1.165) is 50.9 Å². The first kappa shape index (κ1) is 28.6. The number of thioether (sulfide) groups is 1. The van der Waals surface area contributed by atoms with Crippen molar-refractivity contribution in [2.75, 3.05) is 12.8 Å². The van der Waals surface area contributed by atoms with Gasteiger partial charge in [-0.1, -0.05) is 12.1 Å². The van der Waals surface area contributed by atoms with Gasteiger partial charge in [-0.05, 0) is 64.2 Å². The number of halogens is 1. The lowest BCUT2D eigenvalue weighted by Crippen LogP contribution is -2.65. The number of nitrogens with one attached hydrogen (secondary N) is 2. The lowest BCUT2D eigenvalue weighted by molar-refractivity contribution is -0.205. The van der Waals surface area contributed by atoms with Gasteiger partial charge in [0.15, 0.2) is 0 Å². The number of rotatable bonds is 10. The molecule has 0 saturated carbocycles. The molecule has 2 aliphatic rings. The van der Waals surface area contributed by atoms with E-state index in [2.05, 4.69) is 27.9 Å². The number of alkyl halides is 1. The van der Waals surface area contributed by atoms with Crippen LogP contribution in [0.5, 0.6) is 0 Å². The van der Waals surface area contributed by atoms with Crippen LogP contribution >= 0.6 is 23.4 Å². The molecule has 200 valence electrons. The van der Waals surface area contributed by atoms with Gasteiger partial charge in [0.2, 0.25) is 5.91 Å². The van der Waals surface area contributed by atoms with E-state index >= 15 is 0 Å². The predicted octanol–water partition coefficient (Wildman–Crippen LogP) is 0.662. The number of amides is 1. The maximum atomic E-state index is 13.1. The number of ether oxygens (including phenoxy) is 1. The van der Waals surface area contributed by atoms with E-state index in [1.807, 2.05) is 10.9 Å². The standard InChI is InChI=1S/C23H40ClN5O5S/c1-4-15-12-29(28-27-15)11-5-6-14-7-8-16(25-10-9-14)22(33)26-17(13(2)24)21-19(31)18(30)20(32)23(34-21)35-3/h12-14,16-21,23,25,30-32H,4-11H2,1-3H3,(H,26,33)/t13-,14-,16-,17+,18-,19+,20+,21+,23+/m0/s1. The molecule has 3 heterocycles. The van der Waals surface area contributed by atoms with Gasteiger partial charge in [-0.2, -0.15) is 0 Å². The Kier molecular flexibility index (Phi) is 11.1. The minimum absolute atomic E-state index is 0.199. The molecule has 12 heteroatoms. The Balaban J connectivity index is 1.51. The zero-order valence-electron chi connectivity index (χ0n) is 20.7. The Morgan fingerprint density at radius 2 is 2.09 bits per heavy atom. The van der Waals surface area contributed by atoms with Crippen LogP contribution in [0.4, 0.5) is 0 Å². The Hall–Kier alpha value is -0.950. The Bertz CT molecular complexity index is 800. The van der Waals surface area contributed by atoms with Crippen molar-refractivity contribution in [2.24, 2.45) is 5.92 Å². The Morgan fingerprint density at radius 1 is 1.31 bits per heavy atom. The number of aliphatic hydroxyl groups is 3.